The summed E-state index contributed by atoms with van der Waals surface area (Å²) < 4.78 is 0. The van der Waals surface area contributed by atoms with Gasteiger partial charge in [0, 0.05) is 0 Å². The number of aliphatic hydroxyl groups is 1. The van der Waals surface area contributed by atoms with Gasteiger partial charge in [0.25, 0.3) is 0 Å². The van der Waals surface area contributed by atoms with Crippen molar-refractivity contribution in [2.75, 3.05) is 13.2 Å². The molecule has 1 amide bonds. The number of hydrogen-bond donors (Lipinski definition) is 3. The van der Waals surface area contributed by atoms with Crippen LogP contribution >= 0.6 is 0 Å². The Kier molecular flexibility index (Phi) is 2.74. The predicted molar refractivity (Wildman–Crippen MR) is 52.8 cm³/mol. The molecule has 14 heavy (non-hydrogen) atoms. The zero-order valence-corrected chi connectivity index (χ0v) is 8.38. The summed E-state index contributed by atoms with van der Waals surface area (Å²) in [4.78, 5) is 11.7. The van der Waals surface area contributed by atoms with Crippen LogP contribution in [0, 0.1) is 0 Å². The number of rotatable bonds is 3. The summed E-state index contributed by atoms with van der Waals surface area (Å²) in [7, 11) is 0. The smallest absolute Gasteiger partial charge is 0.237 e. The van der Waals surface area contributed by atoms with Gasteiger partial charge in [-0.15, -0.1) is 0 Å². The summed E-state index contributed by atoms with van der Waals surface area (Å²) in [6.07, 6.45) is 4.94. The maximum Gasteiger partial charge on any atom is 0.237 e. The Hall–Kier alpha value is -0.610. The van der Waals surface area contributed by atoms with Crippen molar-refractivity contribution in [2.45, 2.75) is 43.7 Å². The van der Waals surface area contributed by atoms with Crippen molar-refractivity contribution in [3.8, 4) is 0 Å². The lowest BCUT2D eigenvalue weighted by Gasteiger charge is -2.41. The molecule has 80 valence electrons. The van der Waals surface area contributed by atoms with E-state index in [0.29, 0.717) is 0 Å². The Balaban J connectivity index is 1.86. The highest BCUT2D eigenvalue weighted by molar-refractivity contribution is 5.82. The summed E-state index contributed by atoms with van der Waals surface area (Å²) >= 11 is 0. The third kappa shape index (κ3) is 1.77. The summed E-state index contributed by atoms with van der Waals surface area (Å²) in [6.45, 7) is 1.01. The lowest BCUT2D eigenvalue weighted by Crippen LogP contribution is -2.59. The zero-order chi connectivity index (χ0) is 10.0. The monoisotopic (exact) mass is 198 g/mol. The maximum atomic E-state index is 11.7. The number of carbonyl (C=O) groups is 1. The molecule has 4 nitrogen and oxygen atoms in total. The first-order valence-corrected chi connectivity index (χ1v) is 5.42. The van der Waals surface area contributed by atoms with Crippen LogP contribution in [0.3, 0.4) is 0 Å². The van der Waals surface area contributed by atoms with Crippen LogP contribution in [0.2, 0.25) is 0 Å². The number of aliphatic hydroxyl groups excluding tert-OH is 1. The molecular formula is C10H18N2O2. The van der Waals surface area contributed by atoms with Crippen molar-refractivity contribution >= 4 is 5.91 Å². The molecule has 0 aromatic carbocycles. The van der Waals surface area contributed by atoms with Gasteiger partial charge < -0.3 is 15.7 Å². The van der Waals surface area contributed by atoms with E-state index >= 15 is 0 Å². The minimum absolute atomic E-state index is 0.0287. The van der Waals surface area contributed by atoms with Gasteiger partial charge in [-0.3, -0.25) is 4.79 Å². The largest absolute Gasteiger partial charge is 0.394 e. The number of carbonyl (C=O) groups excluding carboxylic acids is 1. The minimum Gasteiger partial charge on any atom is -0.394 e. The molecule has 2 rings (SSSR count). The maximum absolute atomic E-state index is 11.7. The van der Waals surface area contributed by atoms with E-state index in [-0.39, 0.29) is 24.1 Å². The fourth-order valence-electron chi connectivity index (χ4n) is 2.18. The van der Waals surface area contributed by atoms with E-state index in [4.69, 9.17) is 0 Å². The standard InChI is InChI=1S/C10H18N2O2/c13-7-10(4-2-5-10)12-9(14)8-3-1-6-11-8/h8,11,13H,1-7H2,(H,12,14)/t8-/m1/s1. The van der Waals surface area contributed by atoms with Crippen LogP contribution in [0.1, 0.15) is 32.1 Å². The summed E-state index contributed by atoms with van der Waals surface area (Å²) in [5, 5.41) is 15.3. The van der Waals surface area contributed by atoms with Crippen LogP contribution < -0.4 is 10.6 Å². The van der Waals surface area contributed by atoms with Crippen LogP contribution in [0.25, 0.3) is 0 Å². The predicted octanol–water partition coefficient (Wildman–Crippen LogP) is -0.230. The highest BCUT2D eigenvalue weighted by Gasteiger charge is 2.39. The molecule has 4 heteroatoms. The Bertz CT molecular complexity index is 215. The second-order valence-corrected chi connectivity index (χ2v) is 4.43. The molecule has 1 saturated carbocycles. The second kappa shape index (κ2) is 3.87. The summed E-state index contributed by atoms with van der Waals surface area (Å²) in [6, 6.07) is -0.0287. The molecule has 0 aromatic heterocycles. The average molecular weight is 198 g/mol. The molecule has 0 radical (unpaired) electrons. The van der Waals surface area contributed by atoms with Gasteiger partial charge in [-0.2, -0.15) is 0 Å². The molecule has 1 saturated heterocycles. The molecule has 0 spiro atoms. The van der Waals surface area contributed by atoms with E-state index in [1.54, 1.807) is 0 Å². The molecule has 2 fully saturated rings. The first kappa shape index (κ1) is 9.93. The molecule has 1 aliphatic heterocycles. The van der Waals surface area contributed by atoms with Crippen molar-refractivity contribution < 1.29 is 9.90 Å². The highest BCUT2D eigenvalue weighted by atomic mass is 16.3. The molecule has 1 atom stereocenters. The van der Waals surface area contributed by atoms with E-state index in [1.807, 2.05) is 0 Å². The number of amides is 1. The van der Waals surface area contributed by atoms with Crippen molar-refractivity contribution in [3.63, 3.8) is 0 Å². The van der Waals surface area contributed by atoms with Gasteiger partial charge in [-0.05, 0) is 38.6 Å². The molecule has 1 aliphatic carbocycles. The first-order chi connectivity index (χ1) is 6.76. The molecule has 1 heterocycles. The van der Waals surface area contributed by atoms with E-state index in [0.717, 1.165) is 38.6 Å². The Morgan fingerprint density at radius 3 is 2.71 bits per heavy atom. The average Bonchev–Trinajstić information content (AvgIpc) is 2.63. The Morgan fingerprint density at radius 1 is 1.50 bits per heavy atom. The third-order valence-corrected chi connectivity index (χ3v) is 3.38. The third-order valence-electron chi connectivity index (χ3n) is 3.38. The van der Waals surface area contributed by atoms with Gasteiger partial charge in [-0.25, -0.2) is 0 Å². The lowest BCUT2D eigenvalue weighted by atomic mass is 9.77. The van der Waals surface area contributed by atoms with Crippen molar-refractivity contribution in [2.24, 2.45) is 0 Å². The van der Waals surface area contributed by atoms with Crippen LogP contribution in [0.4, 0.5) is 0 Å². The van der Waals surface area contributed by atoms with Crippen molar-refractivity contribution in [1.82, 2.24) is 10.6 Å². The van der Waals surface area contributed by atoms with E-state index in [2.05, 4.69) is 10.6 Å². The Labute approximate surface area is 84.1 Å². The number of nitrogens with one attached hydrogen (secondary N) is 2. The topological polar surface area (TPSA) is 61.4 Å². The highest BCUT2D eigenvalue weighted by Crippen LogP contribution is 2.31. The van der Waals surface area contributed by atoms with E-state index in [9.17, 15) is 9.90 Å². The van der Waals surface area contributed by atoms with Crippen LogP contribution in [-0.4, -0.2) is 35.7 Å². The molecule has 3 N–H and O–H groups in total. The summed E-state index contributed by atoms with van der Waals surface area (Å²) in [5.41, 5.74) is -0.290. The van der Waals surface area contributed by atoms with Crippen molar-refractivity contribution in [3.05, 3.63) is 0 Å². The zero-order valence-electron chi connectivity index (χ0n) is 8.38. The lowest BCUT2D eigenvalue weighted by molar-refractivity contribution is -0.126. The number of hydrogen-bond acceptors (Lipinski definition) is 3. The van der Waals surface area contributed by atoms with E-state index in [1.165, 1.54) is 0 Å². The van der Waals surface area contributed by atoms with Crippen LogP contribution in [0.5, 0.6) is 0 Å². The second-order valence-electron chi connectivity index (χ2n) is 4.43. The fourth-order valence-corrected chi connectivity index (χ4v) is 2.18. The first-order valence-electron chi connectivity index (χ1n) is 5.42. The fraction of sp³-hybridized carbons (Fsp3) is 0.900. The van der Waals surface area contributed by atoms with Gasteiger partial charge in [0.1, 0.15) is 0 Å². The van der Waals surface area contributed by atoms with Gasteiger partial charge in [0.15, 0.2) is 0 Å². The molecule has 0 aromatic rings. The minimum atomic E-state index is -0.290. The van der Waals surface area contributed by atoms with Crippen LogP contribution in [0.15, 0.2) is 0 Å². The quantitative estimate of drug-likeness (QED) is 0.587. The molecular weight excluding hydrogens is 180 g/mol. The molecule has 0 bridgehead atoms. The normalized spacial score (nSPS) is 29.6. The van der Waals surface area contributed by atoms with Gasteiger partial charge in [0.2, 0.25) is 5.91 Å². The van der Waals surface area contributed by atoms with Gasteiger partial charge in [-0.1, -0.05) is 0 Å². The van der Waals surface area contributed by atoms with Crippen LogP contribution in [-0.2, 0) is 4.79 Å². The van der Waals surface area contributed by atoms with Crippen molar-refractivity contribution in [1.29, 1.82) is 0 Å². The summed E-state index contributed by atoms with van der Waals surface area (Å²) in [5.74, 6) is 0.0660. The van der Waals surface area contributed by atoms with Gasteiger partial charge in [0.05, 0.1) is 18.2 Å². The SMILES string of the molecule is O=C(NC1(CO)CCC1)[C@H]1CCCN1. The Morgan fingerprint density at radius 2 is 2.29 bits per heavy atom. The molecule has 2 aliphatic rings. The van der Waals surface area contributed by atoms with E-state index < -0.39 is 0 Å². The van der Waals surface area contributed by atoms with Gasteiger partial charge >= 0.3 is 0 Å². The molecule has 0 unspecified atom stereocenters.